The molecule has 0 aromatic carbocycles. The first kappa shape index (κ1) is 16.4. The van der Waals surface area contributed by atoms with Gasteiger partial charge in [-0.25, -0.2) is 9.98 Å². The summed E-state index contributed by atoms with van der Waals surface area (Å²) in [6.07, 6.45) is 5.35. The largest absolute Gasteiger partial charge is 0.356 e. The molecule has 24 heavy (non-hydrogen) atoms. The number of nitrogens with one attached hydrogen (secondary N) is 1. The molecule has 0 saturated carbocycles. The van der Waals surface area contributed by atoms with Crippen LogP contribution in [0.1, 0.15) is 11.9 Å². The fraction of sp³-hybridized carbons (Fsp3) is 0.467. The molecular formula is C15H21N7OS. The van der Waals surface area contributed by atoms with E-state index in [2.05, 4.69) is 20.4 Å². The lowest BCUT2D eigenvalue weighted by Gasteiger charge is -2.35. The Balaban J connectivity index is 1.67. The Bertz CT molecular complexity index is 709. The zero-order valence-corrected chi connectivity index (χ0v) is 14.7. The maximum atomic E-state index is 12.5. The number of aliphatic imine (C=N–C) groups is 1. The number of hydrogen-bond donors (Lipinski definition) is 1. The first-order valence-corrected chi connectivity index (χ1v) is 8.76. The van der Waals surface area contributed by atoms with Crippen LogP contribution in [0.4, 0.5) is 5.69 Å². The third-order valence-electron chi connectivity index (χ3n) is 3.71. The molecule has 0 bridgehead atoms. The number of thiazole rings is 1. The van der Waals surface area contributed by atoms with E-state index in [-0.39, 0.29) is 5.91 Å². The van der Waals surface area contributed by atoms with E-state index in [9.17, 15) is 4.79 Å². The number of anilines is 1. The van der Waals surface area contributed by atoms with Crippen LogP contribution in [0, 0.1) is 0 Å². The Hall–Kier alpha value is -2.42. The van der Waals surface area contributed by atoms with Gasteiger partial charge in [-0.15, -0.1) is 11.3 Å². The predicted molar refractivity (Wildman–Crippen MR) is 94.1 cm³/mol. The molecule has 1 fully saturated rings. The van der Waals surface area contributed by atoms with Gasteiger partial charge in [-0.1, -0.05) is 0 Å². The number of carbonyl (C=O) groups excluding carboxylic acids is 1. The topological polar surface area (TPSA) is 78.7 Å². The second-order valence-corrected chi connectivity index (χ2v) is 6.41. The maximum Gasteiger partial charge on any atom is 0.246 e. The van der Waals surface area contributed by atoms with E-state index in [1.807, 2.05) is 30.4 Å². The first-order chi connectivity index (χ1) is 11.7. The van der Waals surface area contributed by atoms with E-state index in [1.54, 1.807) is 33.3 Å². The van der Waals surface area contributed by atoms with E-state index in [0.717, 1.165) is 29.7 Å². The number of hydrogen-bond acceptors (Lipinski definition) is 5. The lowest BCUT2D eigenvalue weighted by Crippen LogP contribution is -2.55. The van der Waals surface area contributed by atoms with Crippen LogP contribution in [0.5, 0.6) is 0 Å². The zero-order chi connectivity index (χ0) is 16.9. The van der Waals surface area contributed by atoms with Crippen molar-refractivity contribution in [2.75, 3.05) is 31.1 Å². The number of guanidine groups is 1. The van der Waals surface area contributed by atoms with Gasteiger partial charge < -0.3 is 15.1 Å². The lowest BCUT2D eigenvalue weighted by atomic mass is 10.3. The van der Waals surface area contributed by atoms with Crippen molar-refractivity contribution in [3.63, 3.8) is 0 Å². The van der Waals surface area contributed by atoms with Gasteiger partial charge in [0, 0.05) is 44.5 Å². The Morgan fingerprint density at radius 1 is 1.46 bits per heavy atom. The molecule has 0 atom stereocenters. The summed E-state index contributed by atoms with van der Waals surface area (Å²) in [5.74, 6) is 0.806. The monoisotopic (exact) mass is 347 g/mol. The number of nitrogens with zero attached hydrogens (tertiary/aromatic N) is 6. The minimum atomic E-state index is 0.0501. The Morgan fingerprint density at radius 2 is 2.33 bits per heavy atom. The van der Waals surface area contributed by atoms with Gasteiger partial charge in [0.1, 0.15) is 11.6 Å². The molecular weight excluding hydrogens is 326 g/mol. The van der Waals surface area contributed by atoms with Crippen molar-refractivity contribution in [1.29, 1.82) is 0 Å². The average Bonchev–Trinajstić information content (AvgIpc) is 3.23. The van der Waals surface area contributed by atoms with Crippen LogP contribution in [-0.4, -0.2) is 57.7 Å². The third-order valence-corrected chi connectivity index (χ3v) is 4.47. The normalized spacial score (nSPS) is 15.9. The number of amides is 1. The van der Waals surface area contributed by atoms with E-state index in [1.165, 1.54) is 0 Å². The summed E-state index contributed by atoms with van der Waals surface area (Å²) in [6, 6.07) is 0. The van der Waals surface area contributed by atoms with Crippen molar-refractivity contribution in [3.8, 4) is 0 Å². The molecule has 0 spiro atoms. The highest BCUT2D eigenvalue weighted by molar-refractivity contribution is 7.09. The molecule has 1 N–H and O–H groups in total. The summed E-state index contributed by atoms with van der Waals surface area (Å²) in [5.41, 5.74) is 0.840. The number of rotatable bonds is 4. The second-order valence-electron chi connectivity index (χ2n) is 5.44. The molecule has 1 aliphatic rings. The smallest absolute Gasteiger partial charge is 0.246 e. The molecule has 8 nitrogen and oxygen atoms in total. The Kier molecular flexibility index (Phi) is 5.09. The molecule has 1 amide bonds. The molecule has 1 aliphatic heterocycles. The molecule has 2 aromatic rings. The summed E-state index contributed by atoms with van der Waals surface area (Å²) in [5, 5.41) is 10.3. The van der Waals surface area contributed by atoms with E-state index < -0.39 is 0 Å². The number of aromatic nitrogens is 3. The molecule has 1 saturated heterocycles. The van der Waals surface area contributed by atoms with Crippen LogP contribution < -0.4 is 10.2 Å². The fourth-order valence-corrected chi connectivity index (χ4v) is 3.11. The molecule has 3 rings (SSSR count). The van der Waals surface area contributed by atoms with Crippen LogP contribution in [0.25, 0.3) is 0 Å². The quantitative estimate of drug-likeness (QED) is 0.650. The summed E-state index contributed by atoms with van der Waals surface area (Å²) in [6.45, 7) is 4.95. The average molecular weight is 347 g/mol. The number of piperazine rings is 1. The highest BCUT2D eigenvalue weighted by atomic mass is 32.1. The SMILES string of the molecule is CCNC(=NCc1nccs1)N1CCN(c2cnn(C)c2)C(=O)C1. The second kappa shape index (κ2) is 7.43. The van der Waals surface area contributed by atoms with Crippen molar-refractivity contribution < 1.29 is 4.79 Å². The van der Waals surface area contributed by atoms with Crippen molar-refractivity contribution in [2.24, 2.45) is 12.0 Å². The standard InChI is InChI=1S/C15H21N7OS/c1-3-16-15(18-9-13-17-4-7-24-13)21-5-6-22(14(23)11-21)12-8-19-20(2)10-12/h4,7-8,10H,3,5-6,9,11H2,1-2H3,(H,16,18). The molecule has 0 aliphatic carbocycles. The molecule has 2 aromatic heterocycles. The minimum Gasteiger partial charge on any atom is -0.356 e. The van der Waals surface area contributed by atoms with Crippen molar-refractivity contribution in [2.45, 2.75) is 13.5 Å². The third kappa shape index (κ3) is 3.73. The highest BCUT2D eigenvalue weighted by Gasteiger charge is 2.27. The van der Waals surface area contributed by atoms with Gasteiger partial charge in [-0.3, -0.25) is 9.48 Å². The summed E-state index contributed by atoms with van der Waals surface area (Å²) >= 11 is 1.58. The van der Waals surface area contributed by atoms with Gasteiger partial charge in [0.05, 0.1) is 18.4 Å². The van der Waals surface area contributed by atoms with E-state index >= 15 is 0 Å². The summed E-state index contributed by atoms with van der Waals surface area (Å²) < 4.78 is 1.70. The van der Waals surface area contributed by atoms with Gasteiger partial charge >= 0.3 is 0 Å². The van der Waals surface area contributed by atoms with Crippen molar-refractivity contribution >= 4 is 28.9 Å². The zero-order valence-electron chi connectivity index (χ0n) is 13.8. The van der Waals surface area contributed by atoms with Crippen LogP contribution in [0.3, 0.4) is 0 Å². The van der Waals surface area contributed by atoms with E-state index in [0.29, 0.717) is 19.6 Å². The lowest BCUT2D eigenvalue weighted by molar-refractivity contribution is -0.120. The van der Waals surface area contributed by atoms with Crippen molar-refractivity contribution in [3.05, 3.63) is 29.0 Å². The van der Waals surface area contributed by atoms with Gasteiger partial charge in [0.15, 0.2) is 5.96 Å². The van der Waals surface area contributed by atoms with Gasteiger partial charge in [-0.2, -0.15) is 5.10 Å². The molecule has 0 unspecified atom stereocenters. The molecule has 9 heteroatoms. The van der Waals surface area contributed by atoms with Crippen LogP contribution in [-0.2, 0) is 18.4 Å². The predicted octanol–water partition coefficient (Wildman–Crippen LogP) is 0.691. The molecule has 3 heterocycles. The molecule has 128 valence electrons. The number of carbonyl (C=O) groups is 1. The van der Waals surface area contributed by atoms with Crippen molar-refractivity contribution in [1.82, 2.24) is 25.0 Å². The van der Waals surface area contributed by atoms with Crippen LogP contribution in [0.15, 0.2) is 29.0 Å². The van der Waals surface area contributed by atoms with Gasteiger partial charge in [0.2, 0.25) is 5.91 Å². The highest BCUT2D eigenvalue weighted by Crippen LogP contribution is 2.16. The summed E-state index contributed by atoms with van der Waals surface area (Å²) in [7, 11) is 1.85. The minimum absolute atomic E-state index is 0.0501. The van der Waals surface area contributed by atoms with Gasteiger partial charge in [0.25, 0.3) is 0 Å². The first-order valence-electron chi connectivity index (χ1n) is 7.88. The van der Waals surface area contributed by atoms with Gasteiger partial charge in [-0.05, 0) is 6.92 Å². The van der Waals surface area contributed by atoms with Crippen LogP contribution in [0.2, 0.25) is 0 Å². The fourth-order valence-electron chi connectivity index (χ4n) is 2.57. The summed E-state index contributed by atoms with van der Waals surface area (Å²) in [4.78, 5) is 25.1. The maximum absolute atomic E-state index is 12.5. The van der Waals surface area contributed by atoms with Crippen LogP contribution >= 0.6 is 11.3 Å². The Morgan fingerprint density at radius 3 is 2.96 bits per heavy atom. The number of aryl methyl sites for hydroxylation is 1. The Labute approximate surface area is 144 Å². The molecule has 0 radical (unpaired) electrons. The van der Waals surface area contributed by atoms with E-state index in [4.69, 9.17) is 0 Å².